The van der Waals surface area contributed by atoms with Gasteiger partial charge in [0.1, 0.15) is 26.4 Å². The Morgan fingerprint density at radius 1 is 0.295 bits per heavy atom. The van der Waals surface area contributed by atoms with Gasteiger partial charge in [0.2, 0.25) is 36.6 Å². The van der Waals surface area contributed by atoms with Crippen molar-refractivity contribution in [2.24, 2.45) is 0 Å². The zero-order chi connectivity index (χ0) is 79.8. The summed E-state index contributed by atoms with van der Waals surface area (Å²) in [6, 6.07) is 56.0. The molecule has 1 aromatic heterocycles. The van der Waals surface area contributed by atoms with E-state index in [0.29, 0.717) is 22.3 Å². The van der Waals surface area contributed by atoms with Crippen molar-refractivity contribution < 1.29 is 105 Å². The number of hydrogen-bond acceptors (Lipinski definition) is 25. The zero-order valence-electron chi connectivity index (χ0n) is 60.8. The van der Waals surface area contributed by atoms with Gasteiger partial charge in [-0.2, -0.15) is 0 Å². The fraction of sp³-hybridized carbons (Fsp3) is 0.305. The summed E-state index contributed by atoms with van der Waals surface area (Å²) in [4.78, 5) is 207. The topological polar surface area (TPSA) is 409 Å². The molecule has 0 bridgehead atoms. The Bertz CT molecular complexity index is 4570. The Morgan fingerprint density at radius 3 is 0.848 bits per heavy atom. The number of ether oxygens (including phenoxy) is 10. The summed E-state index contributed by atoms with van der Waals surface area (Å²) in [5.41, 5.74) is -0.883. The number of nitrogens with one attached hydrogen (secondary N) is 4. The Hall–Kier alpha value is -13.4. The maximum absolute atomic E-state index is 14.5. The molecule has 0 saturated carbocycles. The number of rotatable bonds is 44. The SMILES string of the molecule is O=C(CCCCCn1c(=O)[nH]c(=O)[nH]c1=O)O[C@H](C(=O)NCCCCCC(=O)O[C@@H](C(=O)OCc1ccccc1)[C@@H](OC(=O)c1ccccc1)C(=O)OCc1ccccc1)[C@H](OC(=O)c1ccccc1)C(=O)NCCCCCC(=O)O[C@@H](C(=O)OCc1ccccc1)[C@@H](OC(=O)c1ccccc1)C(=O)OCc1ccccc1. The van der Waals surface area contributed by atoms with Crippen LogP contribution in [0.25, 0.3) is 0 Å². The zero-order valence-corrected chi connectivity index (χ0v) is 60.8. The number of carbonyl (C=O) groups excluding carboxylic acids is 12. The van der Waals surface area contributed by atoms with Crippen molar-refractivity contribution in [1.29, 1.82) is 0 Å². The molecule has 30 nitrogen and oxygen atoms in total. The number of aromatic nitrogens is 3. The van der Waals surface area contributed by atoms with Crippen molar-refractivity contribution in [3.05, 3.63) is 283 Å². The Labute approximate surface area is 641 Å². The van der Waals surface area contributed by atoms with Crippen LogP contribution in [-0.2, 0) is 123 Å². The number of esters is 10. The third-order valence-electron chi connectivity index (χ3n) is 16.6. The highest BCUT2D eigenvalue weighted by molar-refractivity contribution is 5.98. The Morgan fingerprint density at radius 2 is 0.545 bits per heavy atom. The lowest BCUT2D eigenvalue weighted by molar-refractivity contribution is -0.185. The number of H-pyrrole nitrogens is 2. The van der Waals surface area contributed by atoms with E-state index in [2.05, 4.69) is 10.6 Å². The Balaban J connectivity index is 0.932. The summed E-state index contributed by atoms with van der Waals surface area (Å²) in [5, 5.41) is 5.17. The molecule has 30 heteroatoms. The quantitative estimate of drug-likeness (QED) is 0.0163. The number of aromatic amines is 2. The third kappa shape index (κ3) is 28.3. The largest absolute Gasteiger partial charge is 0.458 e. The van der Waals surface area contributed by atoms with Crippen LogP contribution < -0.4 is 27.7 Å². The van der Waals surface area contributed by atoms with Crippen LogP contribution in [0.2, 0.25) is 0 Å². The Kier molecular flexibility index (Phi) is 34.1. The molecule has 8 rings (SSSR count). The second kappa shape index (κ2) is 45.4. The van der Waals surface area contributed by atoms with Gasteiger partial charge in [0, 0.05) is 38.9 Å². The molecule has 4 N–H and O–H groups in total. The van der Waals surface area contributed by atoms with E-state index in [-0.39, 0.29) is 121 Å². The highest BCUT2D eigenvalue weighted by Crippen LogP contribution is 2.22. The summed E-state index contributed by atoms with van der Waals surface area (Å²) >= 11 is 0. The van der Waals surface area contributed by atoms with Crippen LogP contribution in [0.1, 0.15) is 130 Å². The monoisotopic (exact) mass is 1540 g/mol. The van der Waals surface area contributed by atoms with Crippen molar-refractivity contribution in [1.82, 2.24) is 25.2 Å². The van der Waals surface area contributed by atoms with Gasteiger partial charge in [-0.1, -0.05) is 195 Å². The van der Waals surface area contributed by atoms with E-state index < -0.39 is 144 Å². The van der Waals surface area contributed by atoms with Gasteiger partial charge in [0.15, 0.2) is 0 Å². The smallest absolute Gasteiger partial charge is 0.352 e. The van der Waals surface area contributed by atoms with Crippen LogP contribution in [0.3, 0.4) is 0 Å². The van der Waals surface area contributed by atoms with Crippen molar-refractivity contribution in [2.45, 2.75) is 147 Å². The highest BCUT2D eigenvalue weighted by atomic mass is 16.7. The molecule has 112 heavy (non-hydrogen) atoms. The van der Waals surface area contributed by atoms with Crippen LogP contribution in [0, 0.1) is 0 Å². The fourth-order valence-corrected chi connectivity index (χ4v) is 10.7. The highest BCUT2D eigenvalue weighted by Gasteiger charge is 2.45. The molecule has 0 saturated heterocycles. The van der Waals surface area contributed by atoms with Gasteiger partial charge in [-0.3, -0.25) is 33.9 Å². The summed E-state index contributed by atoms with van der Waals surface area (Å²) in [7, 11) is 0. The first kappa shape index (κ1) is 84.2. The molecule has 0 radical (unpaired) electrons. The molecule has 2 amide bonds. The average Bonchev–Trinajstić information content (AvgIpc) is 0.842. The van der Waals surface area contributed by atoms with Crippen LogP contribution in [0.5, 0.6) is 0 Å². The summed E-state index contributed by atoms with van der Waals surface area (Å²) in [6.45, 7) is -1.91. The van der Waals surface area contributed by atoms with Gasteiger partial charge < -0.3 is 58.0 Å². The summed E-state index contributed by atoms with van der Waals surface area (Å²) < 4.78 is 56.7. The van der Waals surface area contributed by atoms with E-state index in [4.69, 9.17) is 47.4 Å². The van der Waals surface area contributed by atoms with Gasteiger partial charge in [0.05, 0.1) is 16.7 Å². The van der Waals surface area contributed by atoms with Crippen LogP contribution >= 0.6 is 0 Å². The lowest BCUT2D eigenvalue weighted by Gasteiger charge is -2.26. The second-order valence-electron chi connectivity index (χ2n) is 25.0. The first-order chi connectivity index (χ1) is 54.3. The van der Waals surface area contributed by atoms with E-state index >= 15 is 0 Å². The predicted molar refractivity (Wildman–Crippen MR) is 395 cm³/mol. The standard InChI is InChI=1S/C82H83N5O25/c88-62(47-27-10-30-50-87-81(101)85-80(100)86-82(87)102)107-65(71(91)83-48-28-8-25-45-63(89)108-67(76(96)103-51-55-31-11-1-12-32-55)69(111-74(94)60-41-21-6-22-42-60)78(98)105-53-57-35-15-3-16-36-57)66(110-73(93)59-39-19-5-20-40-59)72(92)84-49-29-9-26-46-64(90)109-68(77(97)104-52-56-33-13-2-14-34-56)70(112-75(95)61-43-23-7-24-44-61)79(99)106-54-58-37-17-4-18-38-58/h1-7,11-24,31-44,65-70H,8-10,25-30,45-54H2,(H,83,91)(H,84,92)(H2,85,86,100,101,102)/t65-,66-,67+,68+,69+,70+/m0/s1. The molecule has 0 spiro atoms. The average molecular weight is 1540 g/mol. The van der Waals surface area contributed by atoms with Gasteiger partial charge in [-0.05, 0) is 97.2 Å². The minimum Gasteiger partial charge on any atom is -0.458 e. The van der Waals surface area contributed by atoms with E-state index in [1.165, 1.54) is 72.8 Å². The molecule has 6 atom stereocenters. The number of unbranched alkanes of at least 4 members (excludes halogenated alkanes) is 6. The normalized spacial score (nSPS) is 12.4. The van der Waals surface area contributed by atoms with Crippen LogP contribution in [0.15, 0.2) is 227 Å². The number of benzene rings is 7. The van der Waals surface area contributed by atoms with Crippen molar-refractivity contribution in [3.8, 4) is 0 Å². The molecule has 0 fully saturated rings. The van der Waals surface area contributed by atoms with Gasteiger partial charge in [0.25, 0.3) is 11.8 Å². The lowest BCUT2D eigenvalue weighted by Crippen LogP contribution is -2.53. The van der Waals surface area contributed by atoms with E-state index in [1.807, 2.05) is 9.97 Å². The number of carbonyl (C=O) groups is 12. The molecule has 0 unspecified atom stereocenters. The first-order valence-corrected chi connectivity index (χ1v) is 36.0. The third-order valence-corrected chi connectivity index (χ3v) is 16.6. The maximum atomic E-state index is 14.5. The van der Waals surface area contributed by atoms with Crippen LogP contribution in [0.4, 0.5) is 0 Å². The predicted octanol–water partition coefficient (Wildman–Crippen LogP) is 7.52. The molecular formula is C82H83N5O25. The summed E-state index contributed by atoms with van der Waals surface area (Å²) in [6.07, 6.45) is -13.4. The van der Waals surface area contributed by atoms with Gasteiger partial charge in [-0.25, -0.2) is 52.5 Å². The molecule has 1 heterocycles. The minimum atomic E-state index is -2.19. The second-order valence-corrected chi connectivity index (χ2v) is 25.0. The van der Waals surface area contributed by atoms with E-state index in [9.17, 15) is 71.9 Å². The molecular weight excluding hydrogens is 1450 g/mol. The lowest BCUT2D eigenvalue weighted by atomic mass is 10.1. The maximum Gasteiger partial charge on any atom is 0.352 e. The van der Waals surface area contributed by atoms with Gasteiger partial charge in [-0.15, -0.1) is 0 Å². The molecule has 0 aliphatic rings. The number of hydrogen-bond donors (Lipinski definition) is 4. The summed E-state index contributed by atoms with van der Waals surface area (Å²) in [5.74, 6) is -13.6. The number of amides is 2. The molecule has 0 aliphatic carbocycles. The molecule has 8 aromatic rings. The van der Waals surface area contributed by atoms with E-state index in [0.717, 1.165) is 4.57 Å². The van der Waals surface area contributed by atoms with Crippen molar-refractivity contribution in [3.63, 3.8) is 0 Å². The molecule has 0 aliphatic heterocycles. The van der Waals surface area contributed by atoms with Crippen molar-refractivity contribution in [2.75, 3.05) is 13.1 Å². The van der Waals surface area contributed by atoms with Crippen molar-refractivity contribution >= 4 is 71.5 Å². The number of nitrogens with zero attached hydrogens (tertiary/aromatic N) is 1. The minimum absolute atomic E-state index is 0.0105. The first-order valence-electron chi connectivity index (χ1n) is 36.0. The van der Waals surface area contributed by atoms with Gasteiger partial charge >= 0.3 is 76.8 Å². The molecule has 586 valence electrons. The van der Waals surface area contributed by atoms with E-state index in [1.54, 1.807) is 140 Å². The van der Waals surface area contributed by atoms with Crippen LogP contribution in [-0.4, -0.2) is 136 Å². The fourth-order valence-electron chi connectivity index (χ4n) is 10.7. The molecule has 7 aromatic carbocycles.